The van der Waals surface area contributed by atoms with Crippen molar-refractivity contribution in [2.75, 3.05) is 11.4 Å². The van der Waals surface area contributed by atoms with Crippen molar-refractivity contribution in [1.82, 2.24) is 0 Å². The topological polar surface area (TPSA) is 46.3 Å². The van der Waals surface area contributed by atoms with Crippen molar-refractivity contribution in [2.45, 2.75) is 43.6 Å². The molecule has 1 atom stereocenters. The van der Waals surface area contributed by atoms with Gasteiger partial charge in [0, 0.05) is 17.6 Å². The predicted octanol–water partition coefficient (Wildman–Crippen LogP) is 3.42. The third-order valence-corrected chi connectivity index (χ3v) is 5.67. The van der Waals surface area contributed by atoms with Crippen molar-refractivity contribution in [2.24, 2.45) is 5.73 Å². The molecule has 2 aliphatic rings. The number of benzene rings is 2. The minimum atomic E-state index is -0.489. The zero-order valence-corrected chi connectivity index (χ0v) is 13.9. The van der Waals surface area contributed by atoms with E-state index in [1.165, 1.54) is 31.2 Å². The molecule has 124 valence electrons. The van der Waals surface area contributed by atoms with Gasteiger partial charge in [0.25, 0.3) is 0 Å². The van der Waals surface area contributed by atoms with E-state index in [9.17, 15) is 4.79 Å². The number of nitrogens with zero attached hydrogens (tertiary/aromatic N) is 1. The molecule has 4 rings (SSSR count). The second-order valence-corrected chi connectivity index (χ2v) is 7.23. The molecule has 1 saturated carbocycles. The molecule has 3 heteroatoms. The Labute approximate surface area is 143 Å². The van der Waals surface area contributed by atoms with E-state index in [0.717, 1.165) is 17.8 Å². The number of amides is 1. The molecule has 2 N–H and O–H groups in total. The Kier molecular flexibility index (Phi) is 3.89. The van der Waals surface area contributed by atoms with Crippen LogP contribution in [-0.2, 0) is 16.6 Å². The SMILES string of the molecule is N[C@@H](Cc1ccccc1)C(=O)N1CC2(CCCC2)c2ccccc21. The van der Waals surface area contributed by atoms with Crippen LogP contribution < -0.4 is 10.6 Å². The third-order valence-electron chi connectivity index (χ3n) is 5.67. The number of carbonyl (C=O) groups excluding carboxylic acids is 1. The number of nitrogens with two attached hydrogens (primary N) is 1. The smallest absolute Gasteiger partial charge is 0.244 e. The second kappa shape index (κ2) is 6.06. The Morgan fingerprint density at radius 3 is 2.46 bits per heavy atom. The molecule has 24 heavy (non-hydrogen) atoms. The molecule has 2 aromatic rings. The molecule has 0 saturated heterocycles. The lowest BCUT2D eigenvalue weighted by atomic mass is 9.81. The lowest BCUT2D eigenvalue weighted by Crippen LogP contribution is -2.46. The van der Waals surface area contributed by atoms with Crippen LogP contribution in [-0.4, -0.2) is 18.5 Å². The zero-order valence-electron chi connectivity index (χ0n) is 13.9. The van der Waals surface area contributed by atoms with Crippen molar-refractivity contribution in [3.05, 3.63) is 65.7 Å². The van der Waals surface area contributed by atoms with Gasteiger partial charge in [-0.3, -0.25) is 4.79 Å². The third kappa shape index (κ3) is 2.53. The lowest BCUT2D eigenvalue weighted by molar-refractivity contribution is -0.119. The first-order valence-corrected chi connectivity index (χ1v) is 8.90. The summed E-state index contributed by atoms with van der Waals surface area (Å²) in [6.07, 6.45) is 5.47. The molecule has 1 spiro atoms. The standard InChI is InChI=1S/C21H24N2O/c22-18(14-16-8-2-1-3-9-16)20(24)23-15-21(12-6-7-13-21)17-10-4-5-11-19(17)23/h1-5,8-11,18H,6-7,12-15,22H2/t18-/m0/s1. The van der Waals surface area contributed by atoms with Crippen molar-refractivity contribution in [1.29, 1.82) is 0 Å². The van der Waals surface area contributed by atoms with Gasteiger partial charge in [-0.25, -0.2) is 0 Å². The van der Waals surface area contributed by atoms with Gasteiger partial charge in [0.1, 0.15) is 0 Å². The summed E-state index contributed by atoms with van der Waals surface area (Å²) in [4.78, 5) is 15.0. The van der Waals surface area contributed by atoms with Gasteiger partial charge >= 0.3 is 0 Å². The minimum Gasteiger partial charge on any atom is -0.320 e. The largest absolute Gasteiger partial charge is 0.320 e. The van der Waals surface area contributed by atoms with Gasteiger partial charge in [-0.05, 0) is 36.5 Å². The molecule has 1 heterocycles. The summed E-state index contributed by atoms with van der Waals surface area (Å²) >= 11 is 0. The maximum Gasteiger partial charge on any atom is 0.244 e. The summed E-state index contributed by atoms with van der Waals surface area (Å²) in [7, 11) is 0. The maximum absolute atomic E-state index is 13.1. The first-order valence-electron chi connectivity index (χ1n) is 8.90. The monoisotopic (exact) mass is 320 g/mol. The van der Waals surface area contributed by atoms with Crippen LogP contribution in [0.1, 0.15) is 36.8 Å². The average Bonchev–Trinajstić information content (AvgIpc) is 3.22. The summed E-state index contributed by atoms with van der Waals surface area (Å²) in [5.74, 6) is 0.0510. The van der Waals surface area contributed by atoms with Crippen LogP contribution in [0.2, 0.25) is 0 Å². The number of hydrogen-bond donors (Lipinski definition) is 1. The van der Waals surface area contributed by atoms with Crippen LogP contribution in [0.25, 0.3) is 0 Å². The van der Waals surface area contributed by atoms with E-state index in [0.29, 0.717) is 6.42 Å². The molecule has 1 aliphatic heterocycles. The Hall–Kier alpha value is -2.13. The van der Waals surface area contributed by atoms with Gasteiger partial charge in [0.05, 0.1) is 6.04 Å². The van der Waals surface area contributed by atoms with E-state index in [4.69, 9.17) is 5.73 Å². The molecule has 0 aromatic heterocycles. The predicted molar refractivity (Wildman–Crippen MR) is 97.1 cm³/mol. The Balaban J connectivity index is 1.59. The van der Waals surface area contributed by atoms with Crippen molar-refractivity contribution in [3.8, 4) is 0 Å². The zero-order chi connectivity index (χ0) is 16.6. The number of carbonyl (C=O) groups is 1. The molecule has 3 nitrogen and oxygen atoms in total. The van der Waals surface area contributed by atoms with E-state index in [1.54, 1.807) is 0 Å². The highest BCUT2D eigenvalue weighted by Gasteiger charge is 2.46. The highest BCUT2D eigenvalue weighted by atomic mass is 16.2. The highest BCUT2D eigenvalue weighted by molar-refractivity contribution is 5.99. The molecular formula is C21H24N2O. The van der Waals surface area contributed by atoms with Gasteiger partial charge in [-0.2, -0.15) is 0 Å². The van der Waals surface area contributed by atoms with Crippen LogP contribution in [0, 0.1) is 0 Å². The molecule has 2 aromatic carbocycles. The number of para-hydroxylation sites is 1. The Bertz CT molecular complexity index is 735. The van der Waals surface area contributed by atoms with E-state index >= 15 is 0 Å². The van der Waals surface area contributed by atoms with Gasteiger partial charge in [-0.1, -0.05) is 61.4 Å². The molecule has 1 amide bonds. The van der Waals surface area contributed by atoms with E-state index in [1.807, 2.05) is 41.3 Å². The van der Waals surface area contributed by atoms with Crippen molar-refractivity contribution < 1.29 is 4.79 Å². The summed E-state index contributed by atoms with van der Waals surface area (Å²) in [5.41, 5.74) is 9.99. The Morgan fingerprint density at radius 2 is 1.71 bits per heavy atom. The van der Waals surface area contributed by atoms with Gasteiger partial charge in [0.15, 0.2) is 0 Å². The number of fused-ring (bicyclic) bond motifs is 2. The summed E-state index contributed by atoms with van der Waals surface area (Å²) in [6, 6.07) is 17.9. The summed E-state index contributed by atoms with van der Waals surface area (Å²) in [5, 5.41) is 0. The fourth-order valence-corrected chi connectivity index (χ4v) is 4.46. The molecule has 1 aliphatic carbocycles. The first kappa shape index (κ1) is 15.4. The number of hydrogen-bond acceptors (Lipinski definition) is 2. The first-order chi connectivity index (χ1) is 11.7. The van der Waals surface area contributed by atoms with Crippen molar-refractivity contribution in [3.63, 3.8) is 0 Å². The molecule has 0 unspecified atom stereocenters. The van der Waals surface area contributed by atoms with Crippen LogP contribution in [0.3, 0.4) is 0 Å². The van der Waals surface area contributed by atoms with Gasteiger partial charge in [0.2, 0.25) is 5.91 Å². The van der Waals surface area contributed by atoms with E-state index in [2.05, 4.69) is 18.2 Å². The van der Waals surface area contributed by atoms with Crippen LogP contribution >= 0.6 is 0 Å². The highest BCUT2D eigenvalue weighted by Crippen LogP contribution is 2.50. The van der Waals surface area contributed by atoms with Gasteiger partial charge in [-0.15, -0.1) is 0 Å². The molecule has 1 fully saturated rings. The normalized spacial score (nSPS) is 19.5. The lowest BCUT2D eigenvalue weighted by Gasteiger charge is -2.26. The summed E-state index contributed by atoms with van der Waals surface area (Å²) < 4.78 is 0. The van der Waals surface area contributed by atoms with E-state index in [-0.39, 0.29) is 11.3 Å². The average molecular weight is 320 g/mol. The minimum absolute atomic E-state index is 0.0510. The quantitative estimate of drug-likeness (QED) is 0.942. The number of rotatable bonds is 3. The Morgan fingerprint density at radius 1 is 1.04 bits per heavy atom. The molecule has 0 radical (unpaired) electrons. The molecular weight excluding hydrogens is 296 g/mol. The fraction of sp³-hybridized carbons (Fsp3) is 0.381. The van der Waals surface area contributed by atoms with E-state index < -0.39 is 6.04 Å². The van der Waals surface area contributed by atoms with Crippen LogP contribution in [0.15, 0.2) is 54.6 Å². The number of anilines is 1. The molecule has 0 bridgehead atoms. The summed E-state index contributed by atoms with van der Waals surface area (Å²) in [6.45, 7) is 0.799. The fourth-order valence-electron chi connectivity index (χ4n) is 4.46. The van der Waals surface area contributed by atoms with Crippen molar-refractivity contribution >= 4 is 11.6 Å². The second-order valence-electron chi connectivity index (χ2n) is 7.23. The van der Waals surface area contributed by atoms with Gasteiger partial charge < -0.3 is 10.6 Å². The van der Waals surface area contributed by atoms with Crippen LogP contribution in [0.5, 0.6) is 0 Å². The maximum atomic E-state index is 13.1. The van der Waals surface area contributed by atoms with Crippen LogP contribution in [0.4, 0.5) is 5.69 Å².